The van der Waals surface area contributed by atoms with Crippen LogP contribution in [0.1, 0.15) is 31.4 Å². The molecule has 3 aromatic rings. The summed E-state index contributed by atoms with van der Waals surface area (Å²) in [6, 6.07) is 23.4. The highest BCUT2D eigenvalue weighted by Crippen LogP contribution is 2.33. The SMILES string of the molecule is CCN(CC)S(=O)(=O)c1ccc(CCC(=O)N2C[C@H](C(=O)NCc3ccccc3)Oc3ccccc32)cc1. The first kappa shape index (κ1) is 27.3. The molecule has 1 heterocycles. The molecule has 9 heteroatoms. The van der Waals surface area contributed by atoms with Gasteiger partial charge in [0.05, 0.1) is 17.1 Å². The molecule has 8 nitrogen and oxygen atoms in total. The van der Waals surface area contributed by atoms with Gasteiger partial charge in [-0.25, -0.2) is 8.42 Å². The van der Waals surface area contributed by atoms with Gasteiger partial charge in [0, 0.05) is 26.1 Å². The highest BCUT2D eigenvalue weighted by molar-refractivity contribution is 7.89. The van der Waals surface area contributed by atoms with E-state index in [4.69, 9.17) is 4.74 Å². The van der Waals surface area contributed by atoms with Crippen LogP contribution in [-0.2, 0) is 32.6 Å². The van der Waals surface area contributed by atoms with Crippen LogP contribution in [0, 0.1) is 0 Å². The zero-order valence-corrected chi connectivity index (χ0v) is 22.5. The molecular formula is C29H33N3O5S. The Morgan fingerprint density at radius 3 is 2.26 bits per heavy atom. The molecule has 0 saturated heterocycles. The summed E-state index contributed by atoms with van der Waals surface area (Å²) in [6.07, 6.45) is -0.189. The van der Waals surface area contributed by atoms with Crippen LogP contribution < -0.4 is 15.0 Å². The number of carbonyl (C=O) groups is 2. The van der Waals surface area contributed by atoms with Gasteiger partial charge in [0.1, 0.15) is 5.75 Å². The van der Waals surface area contributed by atoms with Crippen LogP contribution >= 0.6 is 0 Å². The van der Waals surface area contributed by atoms with Crippen LogP contribution in [0.4, 0.5) is 5.69 Å². The van der Waals surface area contributed by atoms with Gasteiger partial charge in [-0.15, -0.1) is 0 Å². The highest BCUT2D eigenvalue weighted by atomic mass is 32.2. The Kier molecular flexibility index (Phi) is 8.81. The summed E-state index contributed by atoms with van der Waals surface area (Å²) >= 11 is 0. The molecule has 38 heavy (non-hydrogen) atoms. The maximum Gasteiger partial charge on any atom is 0.263 e. The van der Waals surface area contributed by atoms with Crippen molar-refractivity contribution in [2.24, 2.45) is 0 Å². The number of hydrogen-bond donors (Lipinski definition) is 1. The first-order chi connectivity index (χ1) is 18.3. The Bertz CT molecular complexity index is 1360. The number of hydrogen-bond acceptors (Lipinski definition) is 5. The summed E-state index contributed by atoms with van der Waals surface area (Å²) in [7, 11) is -3.53. The van der Waals surface area contributed by atoms with Crippen molar-refractivity contribution in [1.29, 1.82) is 0 Å². The lowest BCUT2D eigenvalue weighted by molar-refractivity contribution is -0.128. The molecule has 1 aliphatic rings. The van der Waals surface area contributed by atoms with E-state index in [1.807, 2.05) is 50.2 Å². The van der Waals surface area contributed by atoms with E-state index in [1.54, 1.807) is 47.4 Å². The number of carbonyl (C=O) groups excluding carboxylic acids is 2. The van der Waals surface area contributed by atoms with Crippen molar-refractivity contribution in [3.63, 3.8) is 0 Å². The Morgan fingerprint density at radius 2 is 1.58 bits per heavy atom. The maximum atomic E-state index is 13.3. The molecule has 0 fully saturated rings. The molecule has 0 bridgehead atoms. The number of ether oxygens (including phenoxy) is 1. The minimum Gasteiger partial charge on any atom is -0.477 e. The van der Waals surface area contributed by atoms with Gasteiger partial charge in [0.15, 0.2) is 6.10 Å². The molecule has 0 aromatic heterocycles. The number of nitrogens with one attached hydrogen (secondary N) is 1. The standard InChI is InChI=1S/C29H33N3O5S/c1-3-31(4-2)38(35,36)24-17-14-22(15-18-24)16-19-28(33)32-21-27(37-26-13-9-8-12-25(26)32)29(34)30-20-23-10-6-5-7-11-23/h5-15,17-18,27H,3-4,16,19-21H2,1-2H3,(H,30,34)/t27-/m1/s1. The summed E-state index contributed by atoms with van der Waals surface area (Å²) in [4.78, 5) is 28.1. The van der Waals surface area contributed by atoms with Crippen molar-refractivity contribution < 1.29 is 22.7 Å². The third-order valence-corrected chi connectivity index (χ3v) is 8.63. The summed E-state index contributed by atoms with van der Waals surface area (Å²) in [5.41, 5.74) is 2.46. The Balaban J connectivity index is 1.41. The van der Waals surface area contributed by atoms with E-state index in [2.05, 4.69) is 5.32 Å². The molecule has 0 unspecified atom stereocenters. The van der Waals surface area contributed by atoms with Crippen molar-refractivity contribution in [3.05, 3.63) is 90.0 Å². The van der Waals surface area contributed by atoms with Crippen LogP contribution in [0.3, 0.4) is 0 Å². The van der Waals surface area contributed by atoms with E-state index in [1.165, 1.54) is 4.31 Å². The van der Waals surface area contributed by atoms with Crippen molar-refractivity contribution in [3.8, 4) is 5.75 Å². The number of amides is 2. The number of nitrogens with zero attached hydrogens (tertiary/aromatic N) is 2. The number of fused-ring (bicyclic) bond motifs is 1. The van der Waals surface area contributed by atoms with Crippen LogP contribution in [0.2, 0.25) is 0 Å². The van der Waals surface area contributed by atoms with E-state index in [9.17, 15) is 18.0 Å². The first-order valence-electron chi connectivity index (χ1n) is 12.8. The van der Waals surface area contributed by atoms with Gasteiger partial charge < -0.3 is 15.0 Å². The molecule has 0 aliphatic carbocycles. The lowest BCUT2D eigenvalue weighted by atomic mass is 10.1. The quantitative estimate of drug-likeness (QED) is 0.427. The van der Waals surface area contributed by atoms with Gasteiger partial charge in [0.25, 0.3) is 5.91 Å². The second-order valence-electron chi connectivity index (χ2n) is 9.02. The molecule has 2 amide bonds. The molecule has 3 aromatic carbocycles. The molecule has 0 radical (unpaired) electrons. The number of rotatable bonds is 10. The number of para-hydroxylation sites is 2. The van der Waals surface area contributed by atoms with E-state index in [0.29, 0.717) is 37.5 Å². The van der Waals surface area contributed by atoms with Crippen LogP contribution in [0.15, 0.2) is 83.8 Å². The molecule has 0 spiro atoms. The zero-order chi connectivity index (χ0) is 27.1. The molecule has 0 saturated carbocycles. The van der Waals surface area contributed by atoms with Crippen LogP contribution in [0.25, 0.3) is 0 Å². The Hall–Kier alpha value is -3.69. The number of aryl methyl sites for hydroxylation is 1. The minimum atomic E-state index is -3.53. The Morgan fingerprint density at radius 1 is 0.921 bits per heavy atom. The fraction of sp³-hybridized carbons (Fsp3) is 0.310. The highest BCUT2D eigenvalue weighted by Gasteiger charge is 2.33. The third kappa shape index (κ3) is 6.23. The van der Waals surface area contributed by atoms with Crippen molar-refractivity contribution in [2.75, 3.05) is 24.5 Å². The summed E-state index contributed by atoms with van der Waals surface area (Å²) in [5.74, 6) is 0.0607. The summed E-state index contributed by atoms with van der Waals surface area (Å²) < 4.78 is 32.8. The van der Waals surface area contributed by atoms with Gasteiger partial charge in [-0.05, 0) is 41.8 Å². The predicted octanol–water partition coefficient (Wildman–Crippen LogP) is 3.76. The Labute approximate surface area is 224 Å². The fourth-order valence-corrected chi connectivity index (χ4v) is 5.89. The van der Waals surface area contributed by atoms with Gasteiger partial charge in [0.2, 0.25) is 15.9 Å². The summed E-state index contributed by atoms with van der Waals surface area (Å²) in [5, 5.41) is 2.90. The molecule has 4 rings (SSSR count). The van der Waals surface area contributed by atoms with E-state index >= 15 is 0 Å². The molecule has 200 valence electrons. The maximum absolute atomic E-state index is 13.3. The largest absolute Gasteiger partial charge is 0.477 e. The number of benzene rings is 3. The first-order valence-corrected chi connectivity index (χ1v) is 14.2. The molecular weight excluding hydrogens is 502 g/mol. The van der Waals surface area contributed by atoms with Gasteiger partial charge >= 0.3 is 0 Å². The third-order valence-electron chi connectivity index (χ3n) is 6.57. The number of anilines is 1. The van der Waals surface area contributed by atoms with E-state index < -0.39 is 16.1 Å². The number of sulfonamides is 1. The van der Waals surface area contributed by atoms with Gasteiger partial charge in [-0.1, -0.05) is 68.4 Å². The van der Waals surface area contributed by atoms with Gasteiger partial charge in [-0.3, -0.25) is 9.59 Å². The molecule has 1 atom stereocenters. The fourth-order valence-electron chi connectivity index (χ4n) is 4.43. The molecule has 1 aliphatic heterocycles. The minimum absolute atomic E-state index is 0.109. The van der Waals surface area contributed by atoms with Crippen molar-refractivity contribution in [2.45, 2.75) is 44.2 Å². The van der Waals surface area contributed by atoms with Crippen molar-refractivity contribution >= 4 is 27.5 Å². The van der Waals surface area contributed by atoms with Crippen molar-refractivity contribution in [1.82, 2.24) is 9.62 Å². The van der Waals surface area contributed by atoms with Crippen LogP contribution in [0.5, 0.6) is 5.75 Å². The monoisotopic (exact) mass is 535 g/mol. The second kappa shape index (κ2) is 12.2. The topological polar surface area (TPSA) is 96.0 Å². The van der Waals surface area contributed by atoms with Gasteiger partial charge in [-0.2, -0.15) is 4.31 Å². The normalized spacial score (nSPS) is 15.0. The second-order valence-corrected chi connectivity index (χ2v) is 11.0. The lowest BCUT2D eigenvalue weighted by Crippen LogP contribution is -2.50. The van der Waals surface area contributed by atoms with Crippen LogP contribution in [-0.4, -0.2) is 50.3 Å². The zero-order valence-electron chi connectivity index (χ0n) is 21.7. The average molecular weight is 536 g/mol. The lowest BCUT2D eigenvalue weighted by Gasteiger charge is -2.34. The van der Waals surface area contributed by atoms with E-state index in [0.717, 1.165) is 11.1 Å². The summed E-state index contributed by atoms with van der Waals surface area (Å²) in [6.45, 7) is 4.90. The smallest absolute Gasteiger partial charge is 0.263 e. The van der Waals surface area contributed by atoms with E-state index in [-0.39, 0.29) is 29.7 Å². The average Bonchev–Trinajstić information content (AvgIpc) is 2.95. The predicted molar refractivity (Wildman–Crippen MR) is 146 cm³/mol. The molecule has 1 N–H and O–H groups in total.